The molecule has 0 radical (unpaired) electrons. The van der Waals surface area contributed by atoms with Crippen LogP contribution in [0.1, 0.15) is 29.0 Å². The molecule has 0 spiro atoms. The number of hydrogen-bond acceptors (Lipinski definition) is 2. The van der Waals surface area contributed by atoms with Crippen molar-refractivity contribution in [1.29, 1.82) is 0 Å². The highest BCUT2D eigenvalue weighted by atomic mass is 35.5. The topological polar surface area (TPSA) is 28.5 Å². The van der Waals surface area contributed by atoms with E-state index in [2.05, 4.69) is 65.4 Å². The van der Waals surface area contributed by atoms with Crippen LogP contribution in [-0.4, -0.2) is 41.6 Å². The number of amides is 1. The zero-order valence-corrected chi connectivity index (χ0v) is 23.0. The molecule has 4 nitrogen and oxygen atoms in total. The Hall–Kier alpha value is -4.09. The number of aromatic nitrogens is 1. The molecule has 5 aromatic rings. The number of carbonyl (C=O) groups excluding carboxylic acids is 1. The number of carbonyl (C=O) groups is 1. The fourth-order valence-corrected chi connectivity index (χ4v) is 6.00. The molecular weight excluding hydrogens is 521 g/mol. The second-order valence-corrected chi connectivity index (χ2v) is 10.8. The Balaban J connectivity index is 1.29. The molecule has 0 aliphatic carbocycles. The van der Waals surface area contributed by atoms with Crippen LogP contribution in [0.3, 0.4) is 0 Å². The van der Waals surface area contributed by atoms with E-state index in [4.69, 9.17) is 11.6 Å². The van der Waals surface area contributed by atoms with Crippen LogP contribution >= 0.6 is 11.6 Å². The molecule has 1 fully saturated rings. The molecule has 1 atom stereocenters. The van der Waals surface area contributed by atoms with E-state index in [1.54, 1.807) is 12.1 Å². The van der Waals surface area contributed by atoms with Gasteiger partial charge < -0.3 is 14.4 Å². The van der Waals surface area contributed by atoms with E-state index in [1.807, 2.05) is 40.1 Å². The Morgan fingerprint density at radius 2 is 1.55 bits per heavy atom. The summed E-state index contributed by atoms with van der Waals surface area (Å²) in [6.45, 7) is 3.07. The van der Waals surface area contributed by atoms with Crippen molar-refractivity contribution in [3.8, 4) is 0 Å². The summed E-state index contributed by atoms with van der Waals surface area (Å²) in [5.74, 6) is -0.286. The van der Waals surface area contributed by atoms with Gasteiger partial charge in [-0.25, -0.2) is 4.39 Å². The lowest BCUT2D eigenvalue weighted by atomic mass is 9.87. The maximum absolute atomic E-state index is 14.3. The fourth-order valence-electron chi connectivity index (χ4n) is 5.80. The van der Waals surface area contributed by atoms with E-state index in [-0.39, 0.29) is 17.6 Å². The third kappa shape index (κ3) is 5.47. The van der Waals surface area contributed by atoms with Crippen molar-refractivity contribution in [3.05, 3.63) is 137 Å². The first-order chi connectivity index (χ1) is 19.6. The summed E-state index contributed by atoms with van der Waals surface area (Å²) in [5.41, 5.74) is 5.09. The fraction of sp³-hybridized carbons (Fsp3) is 0.206. The Kier molecular flexibility index (Phi) is 7.56. The van der Waals surface area contributed by atoms with Gasteiger partial charge in [-0.15, -0.1) is 0 Å². The van der Waals surface area contributed by atoms with E-state index in [0.717, 1.165) is 28.6 Å². The first-order valence-corrected chi connectivity index (χ1v) is 14.1. The van der Waals surface area contributed by atoms with E-state index in [1.165, 1.54) is 11.6 Å². The predicted octanol–water partition coefficient (Wildman–Crippen LogP) is 7.35. The molecule has 1 unspecified atom stereocenters. The molecular formula is C34H31ClFN3O. The molecule has 2 heterocycles. The molecule has 1 amide bonds. The molecule has 1 saturated heterocycles. The molecule has 6 heteroatoms. The predicted molar refractivity (Wildman–Crippen MR) is 161 cm³/mol. The van der Waals surface area contributed by atoms with Crippen molar-refractivity contribution >= 4 is 34.1 Å². The normalized spacial score (nSPS) is 14.4. The number of anilines is 1. The SMILES string of the molecule is O=C(CC(c1cccc(Cl)c1)c1cn(Cc2ccccc2)c2ccccc12)N1CCN(c2ccccc2F)CC1. The third-order valence-electron chi connectivity index (χ3n) is 7.85. The van der Waals surface area contributed by atoms with Gasteiger partial charge in [0.15, 0.2) is 0 Å². The van der Waals surface area contributed by atoms with Crippen molar-refractivity contribution in [2.75, 3.05) is 31.1 Å². The number of benzene rings is 4. The lowest BCUT2D eigenvalue weighted by Crippen LogP contribution is -2.49. The first kappa shape index (κ1) is 26.1. The number of rotatable bonds is 7. The van der Waals surface area contributed by atoms with Gasteiger partial charge in [0.25, 0.3) is 0 Å². The smallest absolute Gasteiger partial charge is 0.223 e. The molecule has 1 aromatic heterocycles. The van der Waals surface area contributed by atoms with Crippen LogP contribution in [0, 0.1) is 5.82 Å². The van der Waals surface area contributed by atoms with Gasteiger partial charge in [-0.05, 0) is 47.0 Å². The molecule has 40 heavy (non-hydrogen) atoms. The summed E-state index contributed by atoms with van der Waals surface area (Å²) in [7, 11) is 0. The highest BCUT2D eigenvalue weighted by Crippen LogP contribution is 2.36. The van der Waals surface area contributed by atoms with Crippen molar-refractivity contribution in [2.24, 2.45) is 0 Å². The molecule has 202 valence electrons. The standard InChI is InChI=1S/C34H31ClFN3O/c35-27-12-8-11-26(21-27)29(22-34(40)38-19-17-37(18-20-38)33-16-7-5-14-31(33)36)30-24-39(23-25-9-2-1-3-10-25)32-15-6-4-13-28(30)32/h1-16,21,24,29H,17-20,22-23H2. The second-order valence-electron chi connectivity index (χ2n) is 10.3. The average molecular weight is 552 g/mol. The quantitative estimate of drug-likeness (QED) is 0.211. The van der Waals surface area contributed by atoms with Crippen LogP contribution in [0.4, 0.5) is 10.1 Å². The van der Waals surface area contributed by atoms with Gasteiger partial charge in [-0.1, -0.05) is 84.4 Å². The molecule has 1 aliphatic heterocycles. The maximum Gasteiger partial charge on any atom is 0.223 e. The first-order valence-electron chi connectivity index (χ1n) is 13.7. The minimum absolute atomic E-state index is 0.0954. The van der Waals surface area contributed by atoms with Gasteiger partial charge in [-0.2, -0.15) is 0 Å². The number of hydrogen-bond donors (Lipinski definition) is 0. The average Bonchev–Trinajstić information content (AvgIpc) is 3.34. The number of para-hydroxylation sites is 2. The summed E-state index contributed by atoms with van der Waals surface area (Å²) in [4.78, 5) is 17.7. The third-order valence-corrected chi connectivity index (χ3v) is 8.08. The molecule has 1 aliphatic rings. The van der Waals surface area contributed by atoms with Gasteiger partial charge in [0, 0.05) is 67.2 Å². The monoisotopic (exact) mass is 551 g/mol. The molecule has 0 N–H and O–H groups in total. The molecule has 4 aromatic carbocycles. The van der Waals surface area contributed by atoms with Crippen LogP contribution in [0.2, 0.25) is 5.02 Å². The number of fused-ring (bicyclic) bond motifs is 1. The Morgan fingerprint density at radius 3 is 2.33 bits per heavy atom. The Bertz CT molecular complexity index is 1630. The van der Waals surface area contributed by atoms with Crippen LogP contribution in [0.15, 0.2) is 109 Å². The largest absolute Gasteiger partial charge is 0.366 e. The van der Waals surface area contributed by atoms with Crippen LogP contribution < -0.4 is 4.90 Å². The van der Waals surface area contributed by atoms with Crippen molar-refractivity contribution in [2.45, 2.75) is 18.9 Å². The molecule has 0 saturated carbocycles. The highest BCUT2D eigenvalue weighted by molar-refractivity contribution is 6.30. The molecule has 6 rings (SSSR count). The van der Waals surface area contributed by atoms with Crippen molar-refractivity contribution in [1.82, 2.24) is 9.47 Å². The number of nitrogens with zero attached hydrogens (tertiary/aromatic N) is 3. The lowest BCUT2D eigenvalue weighted by Gasteiger charge is -2.36. The van der Waals surface area contributed by atoms with Gasteiger partial charge >= 0.3 is 0 Å². The van der Waals surface area contributed by atoms with Gasteiger partial charge in [0.05, 0.1) is 5.69 Å². The summed E-state index contributed by atoms with van der Waals surface area (Å²) < 4.78 is 16.6. The Morgan fingerprint density at radius 1 is 0.825 bits per heavy atom. The second kappa shape index (κ2) is 11.6. The van der Waals surface area contributed by atoms with Crippen molar-refractivity contribution < 1.29 is 9.18 Å². The summed E-state index contributed by atoms with van der Waals surface area (Å²) in [6.07, 6.45) is 2.53. The van der Waals surface area contributed by atoms with Crippen LogP contribution in [0.25, 0.3) is 10.9 Å². The zero-order chi connectivity index (χ0) is 27.5. The highest BCUT2D eigenvalue weighted by Gasteiger charge is 2.28. The number of halogens is 2. The van der Waals surface area contributed by atoms with E-state index in [9.17, 15) is 9.18 Å². The number of piperazine rings is 1. The van der Waals surface area contributed by atoms with E-state index < -0.39 is 0 Å². The van der Waals surface area contributed by atoms with Crippen LogP contribution in [0.5, 0.6) is 0 Å². The summed E-state index contributed by atoms with van der Waals surface area (Å²) in [6, 6.07) is 33.5. The van der Waals surface area contributed by atoms with E-state index in [0.29, 0.717) is 43.3 Å². The summed E-state index contributed by atoms with van der Waals surface area (Å²) >= 11 is 6.44. The van der Waals surface area contributed by atoms with Gasteiger partial charge in [0.2, 0.25) is 5.91 Å². The van der Waals surface area contributed by atoms with Gasteiger partial charge in [-0.3, -0.25) is 4.79 Å². The lowest BCUT2D eigenvalue weighted by molar-refractivity contribution is -0.131. The minimum atomic E-state index is -0.227. The van der Waals surface area contributed by atoms with Crippen molar-refractivity contribution in [3.63, 3.8) is 0 Å². The van der Waals surface area contributed by atoms with Gasteiger partial charge in [0.1, 0.15) is 5.82 Å². The molecule has 0 bridgehead atoms. The zero-order valence-electron chi connectivity index (χ0n) is 22.2. The maximum atomic E-state index is 14.3. The summed E-state index contributed by atoms with van der Waals surface area (Å²) in [5, 5.41) is 1.79. The minimum Gasteiger partial charge on any atom is -0.366 e. The van der Waals surface area contributed by atoms with E-state index >= 15 is 0 Å². The van der Waals surface area contributed by atoms with Crippen LogP contribution in [-0.2, 0) is 11.3 Å². The Labute approximate surface area is 239 Å².